The number of furan rings is 1. The van der Waals surface area contributed by atoms with Crippen LogP contribution in [0.3, 0.4) is 0 Å². The van der Waals surface area contributed by atoms with Gasteiger partial charge >= 0.3 is 0 Å². The zero-order valence-corrected chi connectivity index (χ0v) is 11.0. The molecule has 3 nitrogen and oxygen atoms in total. The van der Waals surface area contributed by atoms with Crippen molar-refractivity contribution in [3.05, 3.63) is 58.0 Å². The standard InChI is InChI=1S/C14H16ClNO2/c1-10-5-13(18-14(10)7-16)9-17-8-11-3-2-4-12(15)6-11/h2-6H,7-9,16H2,1H3. The second-order valence-corrected chi connectivity index (χ2v) is 4.58. The summed E-state index contributed by atoms with van der Waals surface area (Å²) in [6.07, 6.45) is 0. The Hall–Kier alpha value is -1.29. The lowest BCUT2D eigenvalue weighted by atomic mass is 10.2. The number of nitrogens with two attached hydrogens (primary N) is 1. The van der Waals surface area contributed by atoms with E-state index in [1.807, 2.05) is 37.3 Å². The Kier molecular flexibility index (Phi) is 4.42. The van der Waals surface area contributed by atoms with E-state index >= 15 is 0 Å². The molecular weight excluding hydrogens is 250 g/mol. The van der Waals surface area contributed by atoms with Crippen molar-refractivity contribution in [2.24, 2.45) is 5.73 Å². The smallest absolute Gasteiger partial charge is 0.130 e. The summed E-state index contributed by atoms with van der Waals surface area (Å²) in [4.78, 5) is 0. The van der Waals surface area contributed by atoms with Gasteiger partial charge in [-0.25, -0.2) is 0 Å². The highest BCUT2D eigenvalue weighted by Gasteiger charge is 2.06. The Morgan fingerprint density at radius 3 is 2.78 bits per heavy atom. The molecule has 2 aromatic rings. The number of aryl methyl sites for hydroxylation is 1. The quantitative estimate of drug-likeness (QED) is 0.901. The molecule has 0 aliphatic rings. The van der Waals surface area contributed by atoms with Gasteiger partial charge in [-0.1, -0.05) is 23.7 Å². The Labute approximate surface area is 111 Å². The van der Waals surface area contributed by atoms with Crippen LogP contribution >= 0.6 is 11.6 Å². The Bertz CT molecular complexity index is 522. The van der Waals surface area contributed by atoms with E-state index < -0.39 is 0 Å². The number of halogens is 1. The molecule has 4 heteroatoms. The van der Waals surface area contributed by atoms with Crippen LogP contribution < -0.4 is 5.73 Å². The molecule has 0 radical (unpaired) electrons. The van der Waals surface area contributed by atoms with Gasteiger partial charge in [0.25, 0.3) is 0 Å². The number of benzene rings is 1. The van der Waals surface area contributed by atoms with E-state index in [-0.39, 0.29) is 0 Å². The van der Waals surface area contributed by atoms with Crippen molar-refractivity contribution in [3.8, 4) is 0 Å². The van der Waals surface area contributed by atoms with Gasteiger partial charge in [-0.15, -0.1) is 0 Å². The molecule has 0 unspecified atom stereocenters. The lowest BCUT2D eigenvalue weighted by Crippen LogP contribution is -1.95. The molecule has 0 aliphatic heterocycles. The first-order valence-electron chi connectivity index (χ1n) is 5.79. The van der Waals surface area contributed by atoms with Gasteiger partial charge in [-0.3, -0.25) is 0 Å². The molecule has 0 saturated heterocycles. The number of hydrogen-bond acceptors (Lipinski definition) is 3. The molecule has 0 aliphatic carbocycles. The summed E-state index contributed by atoms with van der Waals surface area (Å²) in [7, 11) is 0. The molecule has 0 fully saturated rings. The molecule has 0 saturated carbocycles. The fourth-order valence-corrected chi connectivity index (χ4v) is 1.97. The fraction of sp³-hybridized carbons (Fsp3) is 0.286. The first-order chi connectivity index (χ1) is 8.69. The molecule has 2 N–H and O–H groups in total. The summed E-state index contributed by atoms with van der Waals surface area (Å²) in [5, 5.41) is 0.718. The van der Waals surface area contributed by atoms with E-state index in [0.717, 1.165) is 27.7 Å². The topological polar surface area (TPSA) is 48.4 Å². The molecule has 0 spiro atoms. The average molecular weight is 266 g/mol. The van der Waals surface area contributed by atoms with Gasteiger partial charge in [0.2, 0.25) is 0 Å². The number of ether oxygens (including phenoxy) is 1. The van der Waals surface area contributed by atoms with E-state index in [0.29, 0.717) is 19.8 Å². The largest absolute Gasteiger partial charge is 0.462 e. The van der Waals surface area contributed by atoms with Crippen LogP contribution in [-0.2, 0) is 24.5 Å². The second kappa shape index (κ2) is 6.05. The monoisotopic (exact) mass is 265 g/mol. The van der Waals surface area contributed by atoms with Crippen LogP contribution in [0.4, 0.5) is 0 Å². The van der Waals surface area contributed by atoms with Crippen molar-refractivity contribution in [1.82, 2.24) is 0 Å². The van der Waals surface area contributed by atoms with Gasteiger partial charge < -0.3 is 14.9 Å². The van der Waals surface area contributed by atoms with Gasteiger partial charge in [0.1, 0.15) is 18.1 Å². The minimum atomic E-state index is 0.417. The molecule has 0 atom stereocenters. The first kappa shape index (κ1) is 13.1. The zero-order valence-electron chi connectivity index (χ0n) is 10.3. The Morgan fingerprint density at radius 1 is 1.28 bits per heavy atom. The van der Waals surface area contributed by atoms with E-state index in [4.69, 9.17) is 26.5 Å². The van der Waals surface area contributed by atoms with Crippen molar-refractivity contribution in [2.45, 2.75) is 26.7 Å². The van der Waals surface area contributed by atoms with Gasteiger partial charge in [0.05, 0.1) is 13.2 Å². The Morgan fingerprint density at radius 2 is 2.11 bits per heavy atom. The van der Waals surface area contributed by atoms with Crippen LogP contribution in [0, 0.1) is 6.92 Å². The van der Waals surface area contributed by atoms with Crippen LogP contribution in [0.2, 0.25) is 5.02 Å². The predicted molar refractivity (Wildman–Crippen MR) is 71.3 cm³/mol. The normalized spacial score (nSPS) is 10.8. The van der Waals surface area contributed by atoms with Crippen molar-refractivity contribution in [1.29, 1.82) is 0 Å². The summed E-state index contributed by atoms with van der Waals surface area (Å²) < 4.78 is 11.1. The van der Waals surface area contributed by atoms with Crippen LogP contribution in [0.25, 0.3) is 0 Å². The minimum Gasteiger partial charge on any atom is -0.462 e. The predicted octanol–water partition coefficient (Wildman–Crippen LogP) is 3.42. The summed E-state index contributed by atoms with van der Waals surface area (Å²) in [6.45, 7) is 3.35. The summed E-state index contributed by atoms with van der Waals surface area (Å²) in [5.74, 6) is 1.62. The molecule has 1 heterocycles. The summed E-state index contributed by atoms with van der Waals surface area (Å²) >= 11 is 5.90. The molecule has 96 valence electrons. The molecule has 0 bridgehead atoms. The van der Waals surface area contributed by atoms with Gasteiger partial charge in [0.15, 0.2) is 0 Å². The van der Waals surface area contributed by atoms with Crippen molar-refractivity contribution >= 4 is 11.6 Å². The van der Waals surface area contributed by atoms with Crippen molar-refractivity contribution < 1.29 is 9.15 Å². The first-order valence-corrected chi connectivity index (χ1v) is 6.17. The molecular formula is C14H16ClNO2. The van der Waals surface area contributed by atoms with Gasteiger partial charge in [-0.2, -0.15) is 0 Å². The van der Waals surface area contributed by atoms with Gasteiger partial charge in [-0.05, 0) is 36.2 Å². The summed E-state index contributed by atoms with van der Waals surface area (Å²) in [5.41, 5.74) is 7.67. The fourth-order valence-electron chi connectivity index (χ4n) is 1.76. The van der Waals surface area contributed by atoms with Gasteiger partial charge in [0, 0.05) is 5.02 Å². The zero-order chi connectivity index (χ0) is 13.0. The third-order valence-corrected chi connectivity index (χ3v) is 2.89. The lowest BCUT2D eigenvalue weighted by molar-refractivity contribution is 0.0921. The molecule has 2 rings (SSSR count). The van der Waals surface area contributed by atoms with E-state index in [9.17, 15) is 0 Å². The maximum Gasteiger partial charge on any atom is 0.130 e. The summed E-state index contributed by atoms with van der Waals surface area (Å²) in [6, 6.07) is 9.57. The number of hydrogen-bond donors (Lipinski definition) is 1. The Balaban J connectivity index is 1.88. The molecule has 18 heavy (non-hydrogen) atoms. The van der Waals surface area contributed by atoms with E-state index in [1.54, 1.807) is 0 Å². The maximum atomic E-state index is 5.90. The third-order valence-electron chi connectivity index (χ3n) is 2.66. The van der Waals surface area contributed by atoms with E-state index in [2.05, 4.69) is 0 Å². The van der Waals surface area contributed by atoms with Crippen molar-refractivity contribution in [2.75, 3.05) is 0 Å². The van der Waals surface area contributed by atoms with E-state index in [1.165, 1.54) is 0 Å². The van der Waals surface area contributed by atoms with Crippen LogP contribution in [0.5, 0.6) is 0 Å². The minimum absolute atomic E-state index is 0.417. The molecule has 1 aromatic heterocycles. The highest BCUT2D eigenvalue weighted by molar-refractivity contribution is 6.30. The average Bonchev–Trinajstić information content (AvgIpc) is 2.70. The lowest BCUT2D eigenvalue weighted by Gasteiger charge is -2.03. The van der Waals surface area contributed by atoms with Crippen LogP contribution in [-0.4, -0.2) is 0 Å². The molecule has 0 amide bonds. The van der Waals surface area contributed by atoms with Crippen LogP contribution in [0.15, 0.2) is 34.7 Å². The molecule has 1 aromatic carbocycles. The van der Waals surface area contributed by atoms with Crippen molar-refractivity contribution in [3.63, 3.8) is 0 Å². The maximum absolute atomic E-state index is 5.90. The number of rotatable bonds is 5. The highest BCUT2D eigenvalue weighted by Crippen LogP contribution is 2.16. The highest BCUT2D eigenvalue weighted by atomic mass is 35.5. The second-order valence-electron chi connectivity index (χ2n) is 4.15. The van der Waals surface area contributed by atoms with Crippen LogP contribution in [0.1, 0.15) is 22.6 Å². The third kappa shape index (κ3) is 3.35. The SMILES string of the molecule is Cc1cc(COCc2cccc(Cl)c2)oc1CN.